The summed E-state index contributed by atoms with van der Waals surface area (Å²) in [7, 11) is 1.66. The minimum atomic E-state index is 0.189. The Hall–Kier alpha value is -2.40. The standard InChI is InChI=1S/C20H25N3O2/c1-16-3-4-18(13-19(16)25-2)14-20(24)23-11-9-22(10-12-23)15-17-5-7-21-8-6-17/h3-8,13H,9-12,14-15H2,1-2H3. The molecule has 5 nitrogen and oxygen atoms in total. The van der Waals surface area contributed by atoms with Crippen molar-refractivity contribution in [2.24, 2.45) is 0 Å². The fraction of sp³-hybridized carbons (Fsp3) is 0.400. The molecule has 2 aromatic rings. The van der Waals surface area contributed by atoms with E-state index in [-0.39, 0.29) is 5.91 Å². The molecule has 0 radical (unpaired) electrons. The highest BCUT2D eigenvalue weighted by Crippen LogP contribution is 2.20. The van der Waals surface area contributed by atoms with Gasteiger partial charge in [-0.2, -0.15) is 0 Å². The van der Waals surface area contributed by atoms with Crippen LogP contribution in [-0.4, -0.2) is 54.0 Å². The van der Waals surface area contributed by atoms with E-state index in [0.29, 0.717) is 6.42 Å². The van der Waals surface area contributed by atoms with Crippen molar-refractivity contribution in [1.29, 1.82) is 0 Å². The lowest BCUT2D eigenvalue weighted by molar-refractivity contribution is -0.132. The van der Waals surface area contributed by atoms with E-state index < -0.39 is 0 Å². The predicted octanol–water partition coefficient (Wildman–Crippen LogP) is 2.29. The number of amides is 1. The molecule has 1 aliphatic heterocycles. The lowest BCUT2D eigenvalue weighted by Crippen LogP contribution is -2.48. The molecule has 2 heterocycles. The maximum atomic E-state index is 12.6. The molecule has 1 aliphatic rings. The number of carbonyl (C=O) groups excluding carboxylic acids is 1. The van der Waals surface area contributed by atoms with Gasteiger partial charge in [0.05, 0.1) is 13.5 Å². The highest BCUT2D eigenvalue weighted by molar-refractivity contribution is 5.79. The molecule has 1 fully saturated rings. The Morgan fingerprint density at radius 3 is 2.48 bits per heavy atom. The molecular formula is C20H25N3O2. The molecule has 0 bridgehead atoms. The quantitative estimate of drug-likeness (QED) is 0.838. The van der Waals surface area contributed by atoms with Crippen molar-refractivity contribution in [1.82, 2.24) is 14.8 Å². The molecule has 0 N–H and O–H groups in total. The fourth-order valence-corrected chi connectivity index (χ4v) is 3.16. The minimum absolute atomic E-state index is 0.189. The van der Waals surface area contributed by atoms with Gasteiger partial charge >= 0.3 is 0 Å². The molecule has 0 saturated carbocycles. The molecule has 0 aliphatic carbocycles. The smallest absolute Gasteiger partial charge is 0.227 e. The molecule has 1 aromatic heterocycles. The fourth-order valence-electron chi connectivity index (χ4n) is 3.16. The first-order valence-electron chi connectivity index (χ1n) is 8.68. The van der Waals surface area contributed by atoms with Gasteiger partial charge in [0.25, 0.3) is 0 Å². The van der Waals surface area contributed by atoms with Gasteiger partial charge in [-0.25, -0.2) is 0 Å². The number of rotatable bonds is 5. The van der Waals surface area contributed by atoms with E-state index in [1.54, 1.807) is 7.11 Å². The van der Waals surface area contributed by atoms with Crippen molar-refractivity contribution in [3.05, 3.63) is 59.4 Å². The van der Waals surface area contributed by atoms with Gasteiger partial charge in [-0.05, 0) is 41.8 Å². The van der Waals surface area contributed by atoms with Gasteiger partial charge < -0.3 is 9.64 Å². The van der Waals surface area contributed by atoms with Crippen LogP contribution < -0.4 is 4.74 Å². The van der Waals surface area contributed by atoms with Gasteiger partial charge in [-0.15, -0.1) is 0 Å². The van der Waals surface area contributed by atoms with Gasteiger partial charge in [0.15, 0.2) is 0 Å². The zero-order valence-corrected chi connectivity index (χ0v) is 14.9. The average Bonchev–Trinajstić information content (AvgIpc) is 2.64. The van der Waals surface area contributed by atoms with Crippen LogP contribution in [0.2, 0.25) is 0 Å². The van der Waals surface area contributed by atoms with Crippen molar-refractivity contribution in [3.8, 4) is 5.75 Å². The molecule has 1 amide bonds. The first-order chi connectivity index (χ1) is 12.2. The van der Waals surface area contributed by atoms with E-state index in [1.165, 1.54) is 5.56 Å². The lowest BCUT2D eigenvalue weighted by Gasteiger charge is -2.34. The number of hydrogen-bond donors (Lipinski definition) is 0. The van der Waals surface area contributed by atoms with E-state index in [9.17, 15) is 4.79 Å². The molecule has 1 aromatic carbocycles. The van der Waals surface area contributed by atoms with Crippen LogP contribution in [0.4, 0.5) is 0 Å². The second-order valence-electron chi connectivity index (χ2n) is 6.49. The maximum Gasteiger partial charge on any atom is 0.227 e. The number of pyridine rings is 1. The number of aryl methyl sites for hydroxylation is 1. The number of hydrogen-bond acceptors (Lipinski definition) is 4. The van der Waals surface area contributed by atoms with Crippen LogP contribution in [0, 0.1) is 6.92 Å². The average molecular weight is 339 g/mol. The summed E-state index contributed by atoms with van der Waals surface area (Å²) in [5, 5.41) is 0. The van der Waals surface area contributed by atoms with Crippen molar-refractivity contribution >= 4 is 5.91 Å². The molecule has 5 heteroatoms. The highest BCUT2D eigenvalue weighted by atomic mass is 16.5. The van der Waals surface area contributed by atoms with E-state index in [0.717, 1.165) is 49.6 Å². The summed E-state index contributed by atoms with van der Waals surface area (Å²) in [6, 6.07) is 10.1. The van der Waals surface area contributed by atoms with E-state index in [4.69, 9.17) is 4.74 Å². The van der Waals surface area contributed by atoms with Crippen LogP contribution in [0.5, 0.6) is 5.75 Å². The Bertz CT molecular complexity index is 710. The molecule has 132 valence electrons. The molecule has 1 saturated heterocycles. The third-order valence-electron chi connectivity index (χ3n) is 4.71. The normalized spacial score (nSPS) is 15.2. The van der Waals surface area contributed by atoms with Crippen molar-refractivity contribution in [3.63, 3.8) is 0 Å². The van der Waals surface area contributed by atoms with E-state index >= 15 is 0 Å². The van der Waals surface area contributed by atoms with Crippen LogP contribution in [0.15, 0.2) is 42.7 Å². The van der Waals surface area contributed by atoms with Crippen LogP contribution in [0.1, 0.15) is 16.7 Å². The van der Waals surface area contributed by atoms with Gasteiger partial charge in [-0.3, -0.25) is 14.7 Å². The minimum Gasteiger partial charge on any atom is -0.496 e. The van der Waals surface area contributed by atoms with Crippen molar-refractivity contribution in [2.75, 3.05) is 33.3 Å². The van der Waals surface area contributed by atoms with Crippen molar-refractivity contribution < 1.29 is 9.53 Å². The highest BCUT2D eigenvalue weighted by Gasteiger charge is 2.21. The number of methoxy groups -OCH3 is 1. The maximum absolute atomic E-state index is 12.6. The Labute approximate surface area is 149 Å². The zero-order valence-electron chi connectivity index (χ0n) is 14.9. The number of benzene rings is 1. The first-order valence-corrected chi connectivity index (χ1v) is 8.68. The molecule has 0 atom stereocenters. The molecule has 25 heavy (non-hydrogen) atoms. The third-order valence-corrected chi connectivity index (χ3v) is 4.71. The monoisotopic (exact) mass is 339 g/mol. The van der Waals surface area contributed by atoms with Gasteiger partial charge in [0.2, 0.25) is 5.91 Å². The summed E-state index contributed by atoms with van der Waals surface area (Å²) < 4.78 is 5.35. The molecule has 0 spiro atoms. The SMILES string of the molecule is COc1cc(CC(=O)N2CCN(Cc3ccncc3)CC2)ccc1C. The molecule has 3 rings (SSSR count). The zero-order chi connectivity index (χ0) is 17.6. The first kappa shape index (κ1) is 17.4. The van der Waals surface area contributed by atoms with Gasteiger partial charge in [0, 0.05) is 45.1 Å². The van der Waals surface area contributed by atoms with Crippen LogP contribution >= 0.6 is 0 Å². The molecular weight excluding hydrogens is 314 g/mol. The number of nitrogens with zero attached hydrogens (tertiary/aromatic N) is 3. The third kappa shape index (κ3) is 4.57. The Kier molecular flexibility index (Phi) is 5.66. The summed E-state index contributed by atoms with van der Waals surface area (Å²) in [6.07, 6.45) is 4.08. The predicted molar refractivity (Wildman–Crippen MR) is 97.5 cm³/mol. The van der Waals surface area contributed by atoms with E-state index in [1.807, 2.05) is 54.5 Å². The van der Waals surface area contributed by atoms with Gasteiger partial charge in [-0.1, -0.05) is 12.1 Å². The van der Waals surface area contributed by atoms with Gasteiger partial charge in [0.1, 0.15) is 5.75 Å². The second-order valence-corrected chi connectivity index (χ2v) is 6.49. The second kappa shape index (κ2) is 8.12. The number of aromatic nitrogens is 1. The topological polar surface area (TPSA) is 45.7 Å². The Balaban J connectivity index is 1.51. The Morgan fingerprint density at radius 1 is 1.08 bits per heavy atom. The van der Waals surface area contributed by atoms with Crippen LogP contribution in [0.3, 0.4) is 0 Å². The van der Waals surface area contributed by atoms with E-state index in [2.05, 4.69) is 9.88 Å². The Morgan fingerprint density at radius 2 is 1.80 bits per heavy atom. The molecule has 0 unspecified atom stereocenters. The van der Waals surface area contributed by atoms with Crippen LogP contribution in [-0.2, 0) is 17.8 Å². The number of ether oxygens (including phenoxy) is 1. The summed E-state index contributed by atoms with van der Waals surface area (Å²) in [5.41, 5.74) is 3.36. The summed E-state index contributed by atoms with van der Waals surface area (Å²) >= 11 is 0. The van der Waals surface area contributed by atoms with Crippen LogP contribution in [0.25, 0.3) is 0 Å². The summed E-state index contributed by atoms with van der Waals surface area (Å²) in [6.45, 7) is 6.31. The number of carbonyl (C=O) groups is 1. The largest absolute Gasteiger partial charge is 0.496 e. The lowest BCUT2D eigenvalue weighted by atomic mass is 10.1. The summed E-state index contributed by atoms with van der Waals surface area (Å²) in [4.78, 5) is 21.0. The van der Waals surface area contributed by atoms with Crippen molar-refractivity contribution in [2.45, 2.75) is 19.9 Å². The number of piperazine rings is 1. The summed E-state index contributed by atoms with van der Waals surface area (Å²) in [5.74, 6) is 1.03.